The second-order valence-corrected chi connectivity index (χ2v) is 11.8. The standard InChI is InChI=1S/C25H33N3O4S/c1-14(29)28-11-17(12-28)26-16-8-6-15(7-9-16)21(30)27-22-19(23(31)32)18-10-24(2,3)13-25(4,5)20(18)33-22/h6-9,17,21,26-27,30H,10-13H2,1-5H3,(H,31,32). The molecule has 0 bridgehead atoms. The molecule has 2 aromatic rings. The molecule has 0 saturated carbocycles. The minimum absolute atomic E-state index is 0.0162. The van der Waals surface area contributed by atoms with Gasteiger partial charge in [-0.15, -0.1) is 11.3 Å². The van der Waals surface area contributed by atoms with E-state index < -0.39 is 12.2 Å². The monoisotopic (exact) mass is 471 g/mol. The van der Waals surface area contributed by atoms with Gasteiger partial charge in [-0.25, -0.2) is 4.79 Å². The number of amides is 1. The van der Waals surface area contributed by atoms with E-state index in [9.17, 15) is 19.8 Å². The van der Waals surface area contributed by atoms with E-state index in [2.05, 4.69) is 38.3 Å². The van der Waals surface area contributed by atoms with Crippen LogP contribution in [0.15, 0.2) is 24.3 Å². The number of carbonyl (C=O) groups is 2. The Hall–Kier alpha value is -2.58. The Labute approximate surface area is 198 Å². The highest BCUT2D eigenvalue weighted by Crippen LogP contribution is 2.52. The Balaban J connectivity index is 1.50. The van der Waals surface area contributed by atoms with E-state index in [4.69, 9.17) is 0 Å². The number of carboxylic acid groups (broad SMARTS) is 1. The van der Waals surface area contributed by atoms with Gasteiger partial charge >= 0.3 is 5.97 Å². The van der Waals surface area contributed by atoms with Crippen LogP contribution in [-0.2, 0) is 16.6 Å². The van der Waals surface area contributed by atoms with Gasteiger partial charge < -0.3 is 25.7 Å². The zero-order chi connectivity index (χ0) is 24.1. The van der Waals surface area contributed by atoms with Crippen molar-refractivity contribution in [2.45, 2.75) is 65.1 Å². The fourth-order valence-corrected chi connectivity index (χ4v) is 6.69. The molecule has 1 aliphatic heterocycles. The van der Waals surface area contributed by atoms with Gasteiger partial charge in [0.2, 0.25) is 5.91 Å². The first kappa shape index (κ1) is 23.6. The van der Waals surface area contributed by atoms with Gasteiger partial charge in [0.1, 0.15) is 5.00 Å². The fraction of sp³-hybridized carbons (Fsp3) is 0.520. The molecule has 33 heavy (non-hydrogen) atoms. The molecule has 1 aliphatic carbocycles. The normalized spacial score (nSPS) is 19.9. The third-order valence-corrected chi connectivity index (χ3v) is 8.13. The molecule has 1 aromatic heterocycles. The van der Waals surface area contributed by atoms with E-state index in [1.165, 1.54) is 11.3 Å². The highest BCUT2D eigenvalue weighted by molar-refractivity contribution is 7.17. The van der Waals surface area contributed by atoms with Crippen molar-refractivity contribution < 1.29 is 19.8 Å². The Morgan fingerprint density at radius 2 is 1.79 bits per heavy atom. The molecular weight excluding hydrogens is 438 g/mol. The number of nitrogens with one attached hydrogen (secondary N) is 2. The van der Waals surface area contributed by atoms with Crippen LogP contribution in [0.25, 0.3) is 0 Å². The Morgan fingerprint density at radius 1 is 1.15 bits per heavy atom. The number of carbonyl (C=O) groups excluding carboxylic acids is 1. The number of benzene rings is 1. The number of fused-ring (bicyclic) bond motifs is 1. The maximum atomic E-state index is 12.2. The van der Waals surface area contributed by atoms with Crippen molar-refractivity contribution in [1.82, 2.24) is 4.90 Å². The molecule has 1 saturated heterocycles. The van der Waals surface area contributed by atoms with Crippen LogP contribution in [0.5, 0.6) is 0 Å². The van der Waals surface area contributed by atoms with Gasteiger partial charge in [0.15, 0.2) is 6.23 Å². The zero-order valence-electron chi connectivity index (χ0n) is 19.9. The van der Waals surface area contributed by atoms with Crippen molar-refractivity contribution in [2.75, 3.05) is 23.7 Å². The van der Waals surface area contributed by atoms with E-state index in [1.54, 1.807) is 11.8 Å². The van der Waals surface area contributed by atoms with Crippen molar-refractivity contribution in [3.05, 3.63) is 45.8 Å². The molecule has 8 heteroatoms. The second-order valence-electron chi connectivity index (χ2n) is 10.8. The third kappa shape index (κ3) is 4.73. The Kier molecular flexibility index (Phi) is 5.95. The summed E-state index contributed by atoms with van der Waals surface area (Å²) in [5.41, 5.74) is 2.64. The van der Waals surface area contributed by atoms with Crippen LogP contribution < -0.4 is 10.6 Å². The summed E-state index contributed by atoms with van der Waals surface area (Å²) in [6.07, 6.45) is 0.670. The largest absolute Gasteiger partial charge is 0.478 e. The average molecular weight is 472 g/mol. The SMILES string of the molecule is CC(=O)N1CC(Nc2ccc(C(O)Nc3sc4c(c3C(=O)O)CC(C)(C)CC4(C)C)cc2)C1. The summed E-state index contributed by atoms with van der Waals surface area (Å²) in [6.45, 7) is 11.6. The average Bonchev–Trinajstić information content (AvgIpc) is 3.01. The van der Waals surface area contributed by atoms with Crippen LogP contribution in [-0.4, -0.2) is 46.1 Å². The van der Waals surface area contributed by atoms with Crippen LogP contribution in [0.3, 0.4) is 0 Å². The van der Waals surface area contributed by atoms with Gasteiger partial charge in [0.25, 0.3) is 0 Å². The number of hydrogen-bond acceptors (Lipinski definition) is 6. The van der Waals surface area contributed by atoms with E-state index in [1.807, 2.05) is 24.3 Å². The second kappa shape index (κ2) is 8.33. The van der Waals surface area contributed by atoms with Crippen molar-refractivity contribution in [3.63, 3.8) is 0 Å². The molecule has 4 N–H and O–H groups in total. The summed E-state index contributed by atoms with van der Waals surface area (Å²) >= 11 is 1.45. The molecule has 1 amide bonds. The molecule has 1 atom stereocenters. The van der Waals surface area contributed by atoms with Crippen LogP contribution in [0.2, 0.25) is 0 Å². The predicted octanol–water partition coefficient (Wildman–Crippen LogP) is 4.44. The van der Waals surface area contributed by atoms with Crippen molar-refractivity contribution in [2.24, 2.45) is 5.41 Å². The minimum atomic E-state index is -1.02. The number of rotatable bonds is 6. The van der Waals surface area contributed by atoms with Gasteiger partial charge in [-0.2, -0.15) is 0 Å². The van der Waals surface area contributed by atoms with Gasteiger partial charge in [-0.1, -0.05) is 39.8 Å². The fourth-order valence-electron chi connectivity index (χ4n) is 5.36. The molecule has 1 unspecified atom stereocenters. The predicted molar refractivity (Wildman–Crippen MR) is 131 cm³/mol. The molecule has 178 valence electrons. The lowest BCUT2D eigenvalue weighted by atomic mass is 9.65. The summed E-state index contributed by atoms with van der Waals surface area (Å²) in [7, 11) is 0. The topological polar surface area (TPSA) is 102 Å². The zero-order valence-corrected chi connectivity index (χ0v) is 20.7. The third-order valence-electron chi connectivity index (χ3n) is 6.60. The van der Waals surface area contributed by atoms with Crippen LogP contribution >= 0.6 is 11.3 Å². The molecular formula is C25H33N3O4S. The van der Waals surface area contributed by atoms with Crippen molar-refractivity contribution >= 4 is 33.9 Å². The molecule has 7 nitrogen and oxygen atoms in total. The molecule has 1 aromatic carbocycles. The lowest BCUT2D eigenvalue weighted by molar-refractivity contribution is -0.132. The minimum Gasteiger partial charge on any atom is -0.478 e. The number of aliphatic hydroxyl groups excluding tert-OH is 1. The van der Waals surface area contributed by atoms with Gasteiger partial charge in [0.05, 0.1) is 11.6 Å². The maximum absolute atomic E-state index is 12.2. The van der Waals surface area contributed by atoms with Gasteiger partial charge in [-0.3, -0.25) is 4.79 Å². The number of aromatic carboxylic acids is 1. The first-order chi connectivity index (χ1) is 15.4. The summed E-state index contributed by atoms with van der Waals surface area (Å²) in [5, 5.41) is 27.8. The molecule has 1 fully saturated rings. The van der Waals surface area contributed by atoms with Crippen molar-refractivity contribution in [1.29, 1.82) is 0 Å². The number of aliphatic hydroxyl groups is 1. The number of nitrogens with zero attached hydrogens (tertiary/aromatic N) is 1. The molecule has 4 rings (SSSR count). The molecule has 2 aliphatic rings. The van der Waals surface area contributed by atoms with E-state index >= 15 is 0 Å². The maximum Gasteiger partial charge on any atom is 0.338 e. The molecule has 2 heterocycles. The number of carboxylic acids is 1. The summed E-state index contributed by atoms with van der Waals surface area (Å²) in [4.78, 5) is 26.4. The summed E-state index contributed by atoms with van der Waals surface area (Å²) in [6, 6.07) is 7.65. The summed E-state index contributed by atoms with van der Waals surface area (Å²) in [5.74, 6) is -0.879. The Bertz CT molecular complexity index is 1070. The van der Waals surface area contributed by atoms with Gasteiger partial charge in [-0.05, 0) is 41.4 Å². The lowest BCUT2D eigenvalue weighted by Crippen LogP contribution is -2.56. The first-order valence-electron chi connectivity index (χ1n) is 11.3. The molecule has 0 radical (unpaired) electrons. The smallest absolute Gasteiger partial charge is 0.338 e. The van der Waals surface area contributed by atoms with E-state index in [-0.39, 0.29) is 28.3 Å². The number of hydrogen-bond donors (Lipinski definition) is 4. The number of anilines is 2. The summed E-state index contributed by atoms with van der Waals surface area (Å²) < 4.78 is 0. The van der Waals surface area contributed by atoms with Crippen LogP contribution in [0.1, 0.15) is 73.6 Å². The highest BCUT2D eigenvalue weighted by Gasteiger charge is 2.42. The Morgan fingerprint density at radius 3 is 2.36 bits per heavy atom. The van der Waals surface area contributed by atoms with Gasteiger partial charge in [0, 0.05) is 36.1 Å². The first-order valence-corrected chi connectivity index (χ1v) is 12.1. The van der Waals surface area contributed by atoms with Crippen molar-refractivity contribution in [3.8, 4) is 0 Å². The number of thiophene rings is 1. The lowest BCUT2D eigenvalue weighted by Gasteiger charge is -2.40. The van der Waals surface area contributed by atoms with Crippen LogP contribution in [0.4, 0.5) is 10.7 Å². The quantitative estimate of drug-likeness (QED) is 0.465. The number of likely N-dealkylation sites (tertiary alicyclic amines) is 1. The van der Waals surface area contributed by atoms with E-state index in [0.29, 0.717) is 30.1 Å². The van der Waals surface area contributed by atoms with Crippen LogP contribution in [0, 0.1) is 5.41 Å². The molecule has 0 spiro atoms. The highest BCUT2D eigenvalue weighted by atomic mass is 32.1. The van der Waals surface area contributed by atoms with E-state index in [0.717, 1.165) is 22.5 Å².